The third-order valence-corrected chi connectivity index (χ3v) is 7.67. The summed E-state index contributed by atoms with van der Waals surface area (Å²) in [6.45, 7) is 0.932. The molecular formula is C20H18ClN3O3S2. The molecule has 0 atom stereocenters. The Labute approximate surface area is 177 Å². The third kappa shape index (κ3) is 4.29. The number of anilines is 1. The van der Waals surface area contributed by atoms with Gasteiger partial charge in [-0.05, 0) is 36.2 Å². The Bertz CT molecular complexity index is 1230. The number of nitrogens with zero attached hydrogens (tertiary/aromatic N) is 3. The van der Waals surface area contributed by atoms with Crippen LogP contribution in [0, 0.1) is 0 Å². The fourth-order valence-corrected chi connectivity index (χ4v) is 5.67. The Morgan fingerprint density at radius 1 is 1.17 bits per heavy atom. The highest BCUT2D eigenvalue weighted by Crippen LogP contribution is 2.25. The number of hydrogen-bond acceptors (Lipinski definition) is 4. The molecule has 1 aliphatic heterocycles. The number of amides is 1. The van der Waals surface area contributed by atoms with Crippen LogP contribution in [-0.2, 0) is 16.6 Å². The van der Waals surface area contributed by atoms with Gasteiger partial charge in [0.2, 0.25) is 10.0 Å². The summed E-state index contributed by atoms with van der Waals surface area (Å²) in [6, 6.07) is 14.1. The molecule has 9 heteroatoms. The van der Waals surface area contributed by atoms with E-state index in [0.29, 0.717) is 40.6 Å². The maximum absolute atomic E-state index is 12.7. The van der Waals surface area contributed by atoms with Gasteiger partial charge in [0.1, 0.15) is 0 Å². The lowest BCUT2D eigenvalue weighted by molar-refractivity contribution is 0.0998. The summed E-state index contributed by atoms with van der Waals surface area (Å²) in [5, 5.41) is 2.51. The highest BCUT2D eigenvalue weighted by Gasteiger charge is 2.28. The second-order valence-corrected chi connectivity index (χ2v) is 9.91. The molecule has 1 aromatic heterocycles. The summed E-state index contributed by atoms with van der Waals surface area (Å²) in [5.41, 5.74) is 1.78. The van der Waals surface area contributed by atoms with E-state index in [0.717, 1.165) is 5.56 Å². The van der Waals surface area contributed by atoms with E-state index in [9.17, 15) is 13.2 Å². The summed E-state index contributed by atoms with van der Waals surface area (Å²) in [5.74, 6) is -0.286. The SMILES string of the molecule is O=C(N=c1sccn1Cc1ccccc1Cl)c1cccc(N2CCCS2(=O)=O)c1. The Hall–Kier alpha value is -2.42. The van der Waals surface area contributed by atoms with Gasteiger partial charge in [-0.2, -0.15) is 4.99 Å². The van der Waals surface area contributed by atoms with Crippen LogP contribution in [0.5, 0.6) is 0 Å². The van der Waals surface area contributed by atoms with E-state index in [1.165, 1.54) is 15.6 Å². The van der Waals surface area contributed by atoms with Gasteiger partial charge in [0.05, 0.1) is 18.0 Å². The van der Waals surface area contributed by atoms with Crippen LogP contribution in [0.15, 0.2) is 65.1 Å². The monoisotopic (exact) mass is 447 g/mol. The molecule has 4 rings (SSSR count). The smallest absolute Gasteiger partial charge is 0.279 e. The van der Waals surface area contributed by atoms with E-state index < -0.39 is 15.9 Å². The fraction of sp³-hybridized carbons (Fsp3) is 0.200. The molecule has 1 aliphatic rings. The quantitative estimate of drug-likeness (QED) is 0.614. The zero-order valence-corrected chi connectivity index (χ0v) is 17.8. The van der Waals surface area contributed by atoms with E-state index in [2.05, 4.69) is 4.99 Å². The van der Waals surface area contributed by atoms with Crippen LogP contribution >= 0.6 is 22.9 Å². The summed E-state index contributed by atoms with van der Waals surface area (Å²) >= 11 is 7.59. The lowest BCUT2D eigenvalue weighted by atomic mass is 10.2. The molecule has 0 saturated carbocycles. The molecule has 0 radical (unpaired) electrons. The van der Waals surface area contributed by atoms with Crippen LogP contribution in [0.4, 0.5) is 5.69 Å². The molecule has 2 aromatic carbocycles. The molecule has 2 heterocycles. The van der Waals surface area contributed by atoms with Crippen molar-refractivity contribution in [1.82, 2.24) is 4.57 Å². The van der Waals surface area contributed by atoms with Crippen molar-refractivity contribution in [2.24, 2.45) is 4.99 Å². The predicted octanol–water partition coefficient (Wildman–Crippen LogP) is 3.53. The summed E-state index contributed by atoms with van der Waals surface area (Å²) in [6.07, 6.45) is 2.44. The highest BCUT2D eigenvalue weighted by molar-refractivity contribution is 7.93. The van der Waals surface area contributed by atoms with Crippen molar-refractivity contribution < 1.29 is 13.2 Å². The van der Waals surface area contributed by atoms with E-state index in [1.54, 1.807) is 24.3 Å². The number of aromatic nitrogens is 1. The lowest BCUT2D eigenvalue weighted by Gasteiger charge is -2.17. The first-order valence-electron chi connectivity index (χ1n) is 9.01. The number of sulfonamides is 1. The maximum atomic E-state index is 12.7. The second kappa shape index (κ2) is 8.14. The average Bonchev–Trinajstić information content (AvgIpc) is 3.29. The van der Waals surface area contributed by atoms with Crippen molar-refractivity contribution in [2.75, 3.05) is 16.6 Å². The van der Waals surface area contributed by atoms with Crippen molar-refractivity contribution in [3.05, 3.63) is 81.1 Å². The van der Waals surface area contributed by atoms with Crippen molar-refractivity contribution in [2.45, 2.75) is 13.0 Å². The number of carbonyl (C=O) groups is 1. The Morgan fingerprint density at radius 3 is 2.76 bits per heavy atom. The first-order valence-corrected chi connectivity index (χ1v) is 11.9. The summed E-state index contributed by atoms with van der Waals surface area (Å²) in [4.78, 5) is 17.5. The molecule has 1 fully saturated rings. The van der Waals surface area contributed by atoms with E-state index in [4.69, 9.17) is 11.6 Å². The highest BCUT2D eigenvalue weighted by atomic mass is 35.5. The van der Waals surface area contributed by atoms with Crippen LogP contribution in [0.1, 0.15) is 22.3 Å². The molecule has 0 spiro atoms. The minimum Gasteiger partial charge on any atom is -0.319 e. The lowest BCUT2D eigenvalue weighted by Crippen LogP contribution is -2.25. The van der Waals surface area contributed by atoms with Crippen LogP contribution in [0.2, 0.25) is 5.02 Å². The van der Waals surface area contributed by atoms with E-state index in [-0.39, 0.29) is 5.75 Å². The van der Waals surface area contributed by atoms with Crippen LogP contribution < -0.4 is 9.11 Å². The summed E-state index contributed by atoms with van der Waals surface area (Å²) in [7, 11) is -3.30. The number of thiazole rings is 1. The molecule has 0 aliphatic carbocycles. The summed E-state index contributed by atoms with van der Waals surface area (Å²) < 4.78 is 27.5. The first-order chi connectivity index (χ1) is 13.9. The van der Waals surface area contributed by atoms with Gasteiger partial charge in [0.15, 0.2) is 4.80 Å². The van der Waals surface area contributed by atoms with Crippen molar-refractivity contribution in [1.29, 1.82) is 0 Å². The predicted molar refractivity (Wildman–Crippen MR) is 115 cm³/mol. The molecule has 150 valence electrons. The largest absolute Gasteiger partial charge is 0.319 e. The van der Waals surface area contributed by atoms with Gasteiger partial charge >= 0.3 is 0 Å². The van der Waals surface area contributed by atoms with Gasteiger partial charge in [-0.15, -0.1) is 11.3 Å². The average molecular weight is 448 g/mol. The first kappa shape index (κ1) is 19.9. The minimum absolute atomic E-state index is 0.132. The minimum atomic E-state index is -3.30. The van der Waals surface area contributed by atoms with Crippen molar-refractivity contribution >= 4 is 44.6 Å². The standard InChI is InChI=1S/C20H18ClN3O3S2/c21-18-8-2-1-5-16(18)14-23-10-11-28-20(23)22-19(25)15-6-3-7-17(13-15)24-9-4-12-29(24,26)27/h1-3,5-8,10-11,13H,4,9,12,14H2. The molecule has 0 unspecified atom stereocenters. The van der Waals surface area contributed by atoms with E-state index >= 15 is 0 Å². The molecule has 1 amide bonds. The van der Waals surface area contributed by atoms with Crippen molar-refractivity contribution in [3.8, 4) is 0 Å². The van der Waals surface area contributed by atoms with Gasteiger partial charge in [-0.3, -0.25) is 9.10 Å². The zero-order valence-electron chi connectivity index (χ0n) is 15.4. The Morgan fingerprint density at radius 2 is 2.00 bits per heavy atom. The Balaban J connectivity index is 1.62. The van der Waals surface area contributed by atoms with Gasteiger partial charge in [0.25, 0.3) is 5.91 Å². The van der Waals surface area contributed by atoms with Crippen molar-refractivity contribution in [3.63, 3.8) is 0 Å². The molecule has 29 heavy (non-hydrogen) atoms. The van der Waals surface area contributed by atoms with Gasteiger partial charge in [0, 0.05) is 28.7 Å². The molecule has 3 aromatic rings. The molecule has 6 nitrogen and oxygen atoms in total. The van der Waals surface area contributed by atoms with E-state index in [1.807, 2.05) is 40.4 Å². The van der Waals surface area contributed by atoms with Crippen LogP contribution in [-0.4, -0.2) is 31.2 Å². The van der Waals surface area contributed by atoms with Gasteiger partial charge < -0.3 is 4.57 Å². The fourth-order valence-electron chi connectivity index (χ4n) is 3.19. The topological polar surface area (TPSA) is 71.7 Å². The molecule has 1 saturated heterocycles. The number of halogens is 1. The maximum Gasteiger partial charge on any atom is 0.279 e. The zero-order chi connectivity index (χ0) is 20.4. The normalized spacial score (nSPS) is 16.3. The second-order valence-electron chi connectivity index (χ2n) is 6.61. The molecule has 0 N–H and O–H groups in total. The number of rotatable bonds is 4. The van der Waals surface area contributed by atoms with Gasteiger partial charge in [-0.1, -0.05) is 35.9 Å². The number of hydrogen-bond donors (Lipinski definition) is 0. The number of benzene rings is 2. The van der Waals surface area contributed by atoms with Crippen LogP contribution in [0.3, 0.4) is 0 Å². The third-order valence-electron chi connectivity index (χ3n) is 4.64. The number of carbonyl (C=O) groups excluding carboxylic acids is 1. The van der Waals surface area contributed by atoms with Gasteiger partial charge in [-0.25, -0.2) is 8.42 Å². The molecular weight excluding hydrogens is 430 g/mol. The van der Waals surface area contributed by atoms with Crippen LogP contribution in [0.25, 0.3) is 0 Å². The molecule has 0 bridgehead atoms. The Kier molecular flexibility index (Phi) is 5.58.